The Bertz CT molecular complexity index is 556. The lowest BCUT2D eigenvalue weighted by Gasteiger charge is -2.34. The molecule has 1 aromatic heterocycles. The minimum atomic E-state index is 0.0537. The number of piperazine rings is 1. The number of carbonyl (C=O) groups is 1. The lowest BCUT2D eigenvalue weighted by atomic mass is 9.93. The smallest absolute Gasteiger partial charge is 0.274 e. The minimum absolute atomic E-state index is 0.0537. The van der Waals surface area contributed by atoms with Gasteiger partial charge in [0.05, 0.1) is 5.69 Å². The average Bonchev–Trinajstić information content (AvgIpc) is 2.62. The molecule has 0 radical (unpaired) electrons. The highest BCUT2D eigenvalue weighted by Crippen LogP contribution is 2.21. The molecule has 1 aromatic rings. The van der Waals surface area contributed by atoms with Crippen molar-refractivity contribution in [1.82, 2.24) is 24.7 Å². The molecule has 1 atom stereocenters. The predicted octanol–water partition coefficient (Wildman–Crippen LogP) is 1.14. The summed E-state index contributed by atoms with van der Waals surface area (Å²) in [5.74, 6) is 0.627. The quantitative estimate of drug-likeness (QED) is 0.828. The van der Waals surface area contributed by atoms with Crippen molar-refractivity contribution in [2.45, 2.75) is 26.2 Å². The highest BCUT2D eigenvalue weighted by Gasteiger charge is 2.26. The van der Waals surface area contributed by atoms with E-state index in [-0.39, 0.29) is 5.91 Å². The van der Waals surface area contributed by atoms with Crippen molar-refractivity contribution in [2.24, 2.45) is 5.92 Å². The average molecular weight is 331 g/mol. The van der Waals surface area contributed by atoms with Crippen molar-refractivity contribution in [1.29, 1.82) is 0 Å². The van der Waals surface area contributed by atoms with Crippen LogP contribution in [0.3, 0.4) is 0 Å². The van der Waals surface area contributed by atoms with E-state index >= 15 is 0 Å². The fourth-order valence-electron chi connectivity index (χ4n) is 3.83. The SMILES string of the molecule is CCN1CCN(C(=O)c2nccnc2CC2CCCN(C)C2)CC1. The maximum absolute atomic E-state index is 12.9. The van der Waals surface area contributed by atoms with Gasteiger partial charge < -0.3 is 14.7 Å². The fraction of sp³-hybridized carbons (Fsp3) is 0.722. The van der Waals surface area contributed by atoms with Crippen LogP contribution in [0.5, 0.6) is 0 Å². The molecule has 2 fully saturated rings. The molecule has 6 nitrogen and oxygen atoms in total. The second-order valence-corrected chi connectivity index (χ2v) is 7.05. The van der Waals surface area contributed by atoms with Gasteiger partial charge >= 0.3 is 0 Å². The molecule has 3 rings (SSSR count). The van der Waals surface area contributed by atoms with Crippen LogP contribution < -0.4 is 0 Å². The Hall–Kier alpha value is -1.53. The van der Waals surface area contributed by atoms with E-state index in [4.69, 9.17) is 0 Å². The maximum Gasteiger partial charge on any atom is 0.274 e. The summed E-state index contributed by atoms with van der Waals surface area (Å²) in [6.45, 7) is 8.94. The highest BCUT2D eigenvalue weighted by atomic mass is 16.2. The normalized spacial score (nSPS) is 23.4. The van der Waals surface area contributed by atoms with Crippen LogP contribution in [0.1, 0.15) is 35.9 Å². The zero-order valence-electron chi connectivity index (χ0n) is 14.9. The van der Waals surface area contributed by atoms with E-state index in [0.29, 0.717) is 11.6 Å². The molecule has 0 aliphatic carbocycles. The monoisotopic (exact) mass is 331 g/mol. The van der Waals surface area contributed by atoms with Gasteiger partial charge in [-0.3, -0.25) is 9.78 Å². The first-order chi connectivity index (χ1) is 11.7. The van der Waals surface area contributed by atoms with Gasteiger partial charge in [-0.05, 0) is 45.3 Å². The topological polar surface area (TPSA) is 52.6 Å². The molecule has 2 saturated heterocycles. The lowest BCUT2D eigenvalue weighted by Crippen LogP contribution is -2.48. The summed E-state index contributed by atoms with van der Waals surface area (Å²) in [7, 11) is 2.17. The Morgan fingerprint density at radius 2 is 1.92 bits per heavy atom. The van der Waals surface area contributed by atoms with Gasteiger partial charge in [-0.1, -0.05) is 6.92 Å². The molecule has 1 unspecified atom stereocenters. The van der Waals surface area contributed by atoms with Gasteiger partial charge in [0.2, 0.25) is 0 Å². The molecule has 132 valence electrons. The van der Waals surface area contributed by atoms with Crippen molar-refractivity contribution < 1.29 is 4.79 Å². The molecule has 2 aliphatic rings. The molecule has 1 amide bonds. The molecule has 0 N–H and O–H groups in total. The van der Waals surface area contributed by atoms with Crippen LogP contribution in [0, 0.1) is 5.92 Å². The van der Waals surface area contributed by atoms with Crippen LogP contribution in [0.2, 0.25) is 0 Å². The van der Waals surface area contributed by atoms with Crippen LogP contribution >= 0.6 is 0 Å². The lowest BCUT2D eigenvalue weighted by molar-refractivity contribution is 0.0635. The number of aromatic nitrogens is 2. The van der Waals surface area contributed by atoms with E-state index in [1.54, 1.807) is 12.4 Å². The number of carbonyl (C=O) groups excluding carboxylic acids is 1. The van der Waals surface area contributed by atoms with Crippen molar-refractivity contribution in [3.8, 4) is 0 Å². The zero-order valence-corrected chi connectivity index (χ0v) is 14.9. The molecule has 2 aliphatic heterocycles. The summed E-state index contributed by atoms with van der Waals surface area (Å²) in [5, 5.41) is 0. The molecule has 0 aromatic carbocycles. The van der Waals surface area contributed by atoms with Crippen molar-refractivity contribution in [3.05, 3.63) is 23.8 Å². The number of amides is 1. The predicted molar refractivity (Wildman–Crippen MR) is 94.0 cm³/mol. The third-order valence-electron chi connectivity index (χ3n) is 5.29. The van der Waals surface area contributed by atoms with Gasteiger partial charge in [0.25, 0.3) is 5.91 Å². The van der Waals surface area contributed by atoms with E-state index in [1.807, 2.05) is 4.90 Å². The highest BCUT2D eigenvalue weighted by molar-refractivity contribution is 5.93. The van der Waals surface area contributed by atoms with Crippen LogP contribution in [0.15, 0.2) is 12.4 Å². The summed E-state index contributed by atoms with van der Waals surface area (Å²) in [5.41, 5.74) is 1.44. The van der Waals surface area contributed by atoms with Crippen LogP contribution in [0.4, 0.5) is 0 Å². The van der Waals surface area contributed by atoms with Gasteiger partial charge in [-0.15, -0.1) is 0 Å². The maximum atomic E-state index is 12.9. The number of piperidine rings is 1. The summed E-state index contributed by atoms with van der Waals surface area (Å²) >= 11 is 0. The summed E-state index contributed by atoms with van der Waals surface area (Å²) in [6, 6.07) is 0. The first-order valence-corrected chi connectivity index (χ1v) is 9.17. The largest absolute Gasteiger partial charge is 0.335 e. The van der Waals surface area contributed by atoms with Crippen LogP contribution in [0.25, 0.3) is 0 Å². The Morgan fingerprint density at radius 1 is 1.17 bits per heavy atom. The van der Waals surface area contributed by atoms with E-state index < -0.39 is 0 Å². The van der Waals surface area contributed by atoms with Crippen molar-refractivity contribution in [3.63, 3.8) is 0 Å². The molecule has 6 heteroatoms. The molecular formula is C18H29N5O. The van der Waals surface area contributed by atoms with Gasteiger partial charge in [-0.2, -0.15) is 0 Å². The van der Waals surface area contributed by atoms with Crippen LogP contribution in [-0.2, 0) is 6.42 Å². The molecule has 0 bridgehead atoms. The summed E-state index contributed by atoms with van der Waals surface area (Å²) < 4.78 is 0. The van der Waals surface area contributed by atoms with Crippen molar-refractivity contribution >= 4 is 5.91 Å². The summed E-state index contributed by atoms with van der Waals surface area (Å²) in [4.78, 5) is 28.5. The molecule has 3 heterocycles. The van der Waals surface area contributed by atoms with Gasteiger partial charge in [0, 0.05) is 45.1 Å². The van der Waals surface area contributed by atoms with E-state index in [2.05, 4.69) is 33.7 Å². The zero-order chi connectivity index (χ0) is 16.9. The van der Waals surface area contributed by atoms with Gasteiger partial charge in [0.1, 0.15) is 5.69 Å². The minimum Gasteiger partial charge on any atom is -0.335 e. The number of nitrogens with zero attached hydrogens (tertiary/aromatic N) is 5. The third-order valence-corrected chi connectivity index (χ3v) is 5.29. The second kappa shape index (κ2) is 8.03. The second-order valence-electron chi connectivity index (χ2n) is 7.05. The molecular weight excluding hydrogens is 302 g/mol. The Balaban J connectivity index is 1.68. The van der Waals surface area contributed by atoms with Crippen molar-refractivity contribution in [2.75, 3.05) is 52.9 Å². The van der Waals surface area contributed by atoms with E-state index in [1.165, 1.54) is 19.4 Å². The number of likely N-dealkylation sites (N-methyl/N-ethyl adjacent to an activating group) is 1. The molecule has 0 spiro atoms. The van der Waals surface area contributed by atoms with Gasteiger partial charge in [0.15, 0.2) is 0 Å². The van der Waals surface area contributed by atoms with E-state index in [0.717, 1.165) is 51.4 Å². The Labute approximate surface area is 144 Å². The Kier molecular flexibility index (Phi) is 5.79. The first-order valence-electron chi connectivity index (χ1n) is 9.17. The number of hydrogen-bond acceptors (Lipinski definition) is 5. The fourth-order valence-corrected chi connectivity index (χ4v) is 3.83. The third kappa shape index (κ3) is 4.11. The standard InChI is InChI=1S/C18H29N5O/c1-3-22-9-11-23(12-10-22)18(24)17-16(19-6-7-20-17)13-15-5-4-8-21(2)14-15/h6-7,15H,3-5,8-14H2,1-2H3. The molecule has 24 heavy (non-hydrogen) atoms. The molecule has 0 saturated carbocycles. The first kappa shape index (κ1) is 17.3. The summed E-state index contributed by atoms with van der Waals surface area (Å²) in [6.07, 6.45) is 6.65. The number of rotatable bonds is 4. The van der Waals surface area contributed by atoms with E-state index in [9.17, 15) is 4.79 Å². The van der Waals surface area contributed by atoms with Gasteiger partial charge in [-0.25, -0.2) is 4.98 Å². The number of hydrogen-bond donors (Lipinski definition) is 0. The van der Waals surface area contributed by atoms with Crippen LogP contribution in [-0.4, -0.2) is 83.4 Å². The Morgan fingerprint density at radius 3 is 2.62 bits per heavy atom. The number of likely N-dealkylation sites (tertiary alicyclic amines) is 1.